The lowest BCUT2D eigenvalue weighted by atomic mass is 10.1. The van der Waals surface area contributed by atoms with Crippen molar-refractivity contribution in [1.29, 1.82) is 0 Å². The summed E-state index contributed by atoms with van der Waals surface area (Å²) in [6, 6.07) is 6.85. The molecule has 1 N–H and O–H groups in total. The van der Waals surface area contributed by atoms with Gasteiger partial charge in [-0.3, -0.25) is 4.90 Å². The van der Waals surface area contributed by atoms with Gasteiger partial charge in [0.25, 0.3) is 6.01 Å². The average molecular weight is 343 g/mol. The maximum absolute atomic E-state index is 12.8. The first-order chi connectivity index (χ1) is 12.0. The van der Waals surface area contributed by atoms with Gasteiger partial charge in [0.05, 0.1) is 0 Å². The molecule has 0 aliphatic carbocycles. The van der Waals surface area contributed by atoms with E-state index in [-0.39, 0.29) is 12.1 Å². The van der Waals surface area contributed by atoms with Crippen molar-refractivity contribution in [3.8, 4) is 0 Å². The van der Waals surface area contributed by atoms with Crippen LogP contribution in [0.3, 0.4) is 0 Å². The minimum atomic E-state index is -0.0363. The van der Waals surface area contributed by atoms with Crippen LogP contribution in [-0.4, -0.2) is 66.6 Å². The number of carbonyl (C=O) groups excluding carboxylic acids is 1. The molecule has 7 heteroatoms. The lowest BCUT2D eigenvalue weighted by molar-refractivity contribution is 0.0861. The van der Waals surface area contributed by atoms with E-state index in [0.717, 1.165) is 24.3 Å². The Morgan fingerprint density at radius 3 is 3.00 bits per heavy atom. The molecule has 134 valence electrons. The van der Waals surface area contributed by atoms with Gasteiger partial charge in [0, 0.05) is 51.0 Å². The molecule has 2 fully saturated rings. The number of aromatic nitrogens is 1. The van der Waals surface area contributed by atoms with Crippen molar-refractivity contribution in [2.45, 2.75) is 31.8 Å². The molecule has 2 aromatic rings. The van der Waals surface area contributed by atoms with Crippen LogP contribution in [0.15, 0.2) is 22.6 Å². The van der Waals surface area contributed by atoms with E-state index < -0.39 is 0 Å². The Morgan fingerprint density at radius 1 is 1.36 bits per heavy atom. The highest BCUT2D eigenvalue weighted by Crippen LogP contribution is 2.26. The maximum atomic E-state index is 12.8. The zero-order valence-corrected chi connectivity index (χ0v) is 15.0. The van der Waals surface area contributed by atoms with Gasteiger partial charge >= 0.3 is 6.03 Å². The van der Waals surface area contributed by atoms with Gasteiger partial charge in [0.2, 0.25) is 0 Å². The second kappa shape index (κ2) is 6.22. The summed E-state index contributed by atoms with van der Waals surface area (Å²) in [5, 5.41) is 3.02. The Bertz CT molecular complexity index is 787. The Hall–Kier alpha value is -2.28. The molecular formula is C18H25N5O2. The lowest BCUT2D eigenvalue weighted by Gasteiger charge is -2.42. The van der Waals surface area contributed by atoms with Gasteiger partial charge in [-0.25, -0.2) is 4.79 Å². The second-order valence-electron chi connectivity index (χ2n) is 7.30. The standard InChI is InChI=1S/C18H25N5O2/c1-12-10-22-8-4-5-14(22)11-23(12)17(24)19-13-6-7-15-16(9-13)25-18(20-15)21(2)3/h6-7,9,12,14H,4-5,8,10-11H2,1-3H3,(H,19,24). The van der Waals surface area contributed by atoms with Crippen LogP contribution in [0.1, 0.15) is 19.8 Å². The largest absolute Gasteiger partial charge is 0.423 e. The van der Waals surface area contributed by atoms with Gasteiger partial charge < -0.3 is 19.5 Å². The molecule has 0 bridgehead atoms. The number of oxazole rings is 1. The fourth-order valence-electron chi connectivity index (χ4n) is 3.85. The maximum Gasteiger partial charge on any atom is 0.322 e. The van der Waals surface area contributed by atoms with Crippen molar-refractivity contribution in [2.75, 3.05) is 43.9 Å². The van der Waals surface area contributed by atoms with E-state index in [9.17, 15) is 4.79 Å². The highest BCUT2D eigenvalue weighted by Gasteiger charge is 2.36. The number of benzene rings is 1. The predicted octanol–water partition coefficient (Wildman–Crippen LogP) is 2.59. The van der Waals surface area contributed by atoms with E-state index in [2.05, 4.69) is 22.1 Å². The molecule has 2 atom stereocenters. The summed E-state index contributed by atoms with van der Waals surface area (Å²) >= 11 is 0. The van der Waals surface area contributed by atoms with Gasteiger partial charge in [0.15, 0.2) is 5.58 Å². The molecule has 2 amide bonds. The minimum absolute atomic E-state index is 0.0363. The number of hydrogen-bond donors (Lipinski definition) is 1. The lowest BCUT2D eigenvalue weighted by Crippen LogP contribution is -2.57. The number of anilines is 2. The topological polar surface area (TPSA) is 64.8 Å². The fourth-order valence-corrected chi connectivity index (χ4v) is 3.85. The van der Waals surface area contributed by atoms with E-state index >= 15 is 0 Å². The highest BCUT2D eigenvalue weighted by molar-refractivity contribution is 5.92. The third-order valence-electron chi connectivity index (χ3n) is 5.21. The SMILES string of the molecule is CC1CN2CCCC2CN1C(=O)Nc1ccc2nc(N(C)C)oc2c1. The van der Waals surface area contributed by atoms with Crippen LogP contribution < -0.4 is 10.2 Å². The van der Waals surface area contributed by atoms with Gasteiger partial charge in [-0.1, -0.05) is 0 Å². The van der Waals surface area contributed by atoms with Gasteiger partial charge in [-0.15, -0.1) is 0 Å². The monoisotopic (exact) mass is 343 g/mol. The second-order valence-corrected chi connectivity index (χ2v) is 7.30. The van der Waals surface area contributed by atoms with Crippen LogP contribution in [0.2, 0.25) is 0 Å². The van der Waals surface area contributed by atoms with Crippen LogP contribution in [0.4, 0.5) is 16.5 Å². The Balaban J connectivity index is 1.49. The smallest absolute Gasteiger partial charge is 0.322 e. The molecule has 3 heterocycles. The molecule has 2 saturated heterocycles. The summed E-state index contributed by atoms with van der Waals surface area (Å²) in [4.78, 5) is 23.5. The van der Waals surface area contributed by atoms with Crippen molar-refractivity contribution in [3.63, 3.8) is 0 Å². The van der Waals surface area contributed by atoms with Gasteiger partial charge in [-0.2, -0.15) is 4.98 Å². The molecule has 0 saturated carbocycles. The quantitative estimate of drug-likeness (QED) is 0.908. The van der Waals surface area contributed by atoms with E-state index in [1.54, 1.807) is 0 Å². The number of urea groups is 1. The summed E-state index contributed by atoms with van der Waals surface area (Å²) in [7, 11) is 3.77. The summed E-state index contributed by atoms with van der Waals surface area (Å²) in [6.45, 7) is 5.06. The normalized spacial score (nSPS) is 23.7. The molecule has 0 spiro atoms. The van der Waals surface area contributed by atoms with Gasteiger partial charge in [-0.05, 0) is 38.4 Å². The summed E-state index contributed by atoms with van der Waals surface area (Å²) in [6.07, 6.45) is 2.43. The number of rotatable bonds is 2. The molecule has 0 radical (unpaired) electrons. The highest BCUT2D eigenvalue weighted by atomic mass is 16.4. The number of nitrogens with one attached hydrogen (secondary N) is 1. The first kappa shape index (κ1) is 16.2. The Labute approximate surface area is 147 Å². The molecule has 7 nitrogen and oxygen atoms in total. The van der Waals surface area contributed by atoms with Crippen molar-refractivity contribution in [1.82, 2.24) is 14.8 Å². The van der Waals surface area contributed by atoms with E-state index in [1.165, 1.54) is 19.4 Å². The molecule has 1 aromatic heterocycles. The minimum Gasteiger partial charge on any atom is -0.423 e. The third-order valence-corrected chi connectivity index (χ3v) is 5.21. The van der Waals surface area contributed by atoms with Crippen molar-refractivity contribution >= 4 is 28.8 Å². The number of piperazine rings is 1. The number of hydrogen-bond acceptors (Lipinski definition) is 5. The molecule has 2 aliphatic heterocycles. The summed E-state index contributed by atoms with van der Waals surface area (Å²) in [5.74, 6) is 0. The van der Waals surface area contributed by atoms with Crippen molar-refractivity contribution in [2.24, 2.45) is 0 Å². The van der Waals surface area contributed by atoms with E-state index in [0.29, 0.717) is 17.6 Å². The molecule has 1 aromatic carbocycles. The zero-order chi connectivity index (χ0) is 17.6. The number of carbonyl (C=O) groups is 1. The van der Waals surface area contributed by atoms with Crippen LogP contribution in [0.5, 0.6) is 0 Å². The summed E-state index contributed by atoms with van der Waals surface area (Å²) in [5.41, 5.74) is 2.20. The van der Waals surface area contributed by atoms with Crippen LogP contribution in [-0.2, 0) is 0 Å². The number of fused-ring (bicyclic) bond motifs is 2. The average Bonchev–Trinajstić information content (AvgIpc) is 3.19. The number of amides is 2. The molecule has 4 rings (SSSR count). The van der Waals surface area contributed by atoms with Crippen molar-refractivity contribution < 1.29 is 9.21 Å². The number of nitrogens with zero attached hydrogens (tertiary/aromatic N) is 4. The first-order valence-corrected chi connectivity index (χ1v) is 8.91. The van der Waals surface area contributed by atoms with E-state index in [4.69, 9.17) is 4.42 Å². The van der Waals surface area contributed by atoms with Gasteiger partial charge in [0.1, 0.15) is 5.52 Å². The molecular weight excluding hydrogens is 318 g/mol. The zero-order valence-electron chi connectivity index (χ0n) is 15.0. The first-order valence-electron chi connectivity index (χ1n) is 8.91. The predicted molar refractivity (Wildman–Crippen MR) is 98.1 cm³/mol. The van der Waals surface area contributed by atoms with E-state index in [1.807, 2.05) is 42.1 Å². The molecule has 2 aliphatic rings. The third kappa shape index (κ3) is 3.04. The van der Waals surface area contributed by atoms with Crippen LogP contribution >= 0.6 is 0 Å². The summed E-state index contributed by atoms with van der Waals surface area (Å²) < 4.78 is 5.72. The molecule has 25 heavy (non-hydrogen) atoms. The Morgan fingerprint density at radius 2 is 2.20 bits per heavy atom. The van der Waals surface area contributed by atoms with Crippen LogP contribution in [0, 0.1) is 0 Å². The van der Waals surface area contributed by atoms with Crippen molar-refractivity contribution in [3.05, 3.63) is 18.2 Å². The fraction of sp³-hybridized carbons (Fsp3) is 0.556. The molecule has 2 unspecified atom stereocenters. The Kier molecular flexibility index (Phi) is 4.03. The van der Waals surface area contributed by atoms with Crippen LogP contribution in [0.25, 0.3) is 11.1 Å².